The van der Waals surface area contributed by atoms with Crippen molar-refractivity contribution in [3.63, 3.8) is 0 Å². The van der Waals surface area contributed by atoms with E-state index in [-0.39, 0.29) is 17.4 Å². The van der Waals surface area contributed by atoms with Crippen molar-refractivity contribution in [2.24, 2.45) is 0 Å². The highest BCUT2D eigenvalue weighted by Crippen LogP contribution is 2.30. The molecule has 146 valence electrons. The summed E-state index contributed by atoms with van der Waals surface area (Å²) >= 11 is 2.88. The number of carbonyl (C=O) groups is 1. The number of halogens is 2. The number of benzene rings is 1. The van der Waals surface area contributed by atoms with Gasteiger partial charge in [-0.1, -0.05) is 6.07 Å². The zero-order chi connectivity index (χ0) is 19.7. The molecule has 0 unspecified atom stereocenters. The second-order valence-corrected chi connectivity index (χ2v) is 7.74. The molecule has 0 bridgehead atoms. The normalized spacial score (nSPS) is 11.4. The van der Waals surface area contributed by atoms with Crippen molar-refractivity contribution in [3.05, 3.63) is 46.3 Å². The van der Waals surface area contributed by atoms with Crippen LogP contribution in [0.4, 0.5) is 8.78 Å². The molecular formula is C18H15F2N3O3S2. The highest BCUT2D eigenvalue weighted by molar-refractivity contribution is 7.21. The Balaban J connectivity index is 1.40. The number of imidazole rings is 1. The average Bonchev–Trinajstić information content (AvgIpc) is 3.33. The highest BCUT2D eigenvalue weighted by atomic mass is 32.1. The third kappa shape index (κ3) is 3.65. The molecule has 0 aliphatic rings. The van der Waals surface area contributed by atoms with Gasteiger partial charge < -0.3 is 14.8 Å². The summed E-state index contributed by atoms with van der Waals surface area (Å²) in [7, 11) is 1.38. The number of aromatic nitrogens is 2. The summed E-state index contributed by atoms with van der Waals surface area (Å²) in [5.74, 6) is 0.0148. The fraction of sp³-hybridized carbons (Fsp3) is 0.222. The summed E-state index contributed by atoms with van der Waals surface area (Å²) in [5.41, 5.74) is 1.66. The maximum atomic E-state index is 12.5. The number of carbonyl (C=O) groups excluding carboxylic acids is 1. The number of fused-ring (bicyclic) bond motifs is 3. The zero-order valence-corrected chi connectivity index (χ0v) is 16.3. The van der Waals surface area contributed by atoms with E-state index in [1.807, 2.05) is 22.0 Å². The van der Waals surface area contributed by atoms with Crippen molar-refractivity contribution in [3.8, 4) is 11.5 Å². The van der Waals surface area contributed by atoms with E-state index in [9.17, 15) is 13.6 Å². The third-order valence-corrected chi connectivity index (χ3v) is 5.88. The topological polar surface area (TPSA) is 64.9 Å². The monoisotopic (exact) mass is 423 g/mol. The van der Waals surface area contributed by atoms with Gasteiger partial charge in [-0.25, -0.2) is 4.98 Å². The van der Waals surface area contributed by atoms with E-state index in [2.05, 4.69) is 15.0 Å². The first-order chi connectivity index (χ1) is 13.5. The SMILES string of the molecule is COc1ccc(CCNC(=O)c2cc3c(nc4sccn43)s2)cc1OC(F)F. The number of hydrogen-bond acceptors (Lipinski definition) is 6. The standard InChI is InChI=1S/C18H15F2N3O3S2/c1-25-12-3-2-10(8-13(12)26-17(19)20)4-5-21-15(24)14-9-11-16(28-14)22-18-23(11)6-7-27-18/h2-3,6-9,17H,4-5H2,1H3,(H,21,24). The van der Waals surface area contributed by atoms with E-state index in [0.29, 0.717) is 17.8 Å². The maximum absolute atomic E-state index is 12.5. The first-order valence-electron chi connectivity index (χ1n) is 8.30. The Bertz CT molecular complexity index is 1140. The lowest BCUT2D eigenvalue weighted by Gasteiger charge is -2.11. The number of thiophene rings is 1. The van der Waals surface area contributed by atoms with Gasteiger partial charge in [0.05, 0.1) is 17.5 Å². The van der Waals surface area contributed by atoms with Gasteiger partial charge in [0, 0.05) is 18.1 Å². The Hall–Kier alpha value is -2.72. The second-order valence-electron chi connectivity index (χ2n) is 5.84. The Morgan fingerprint density at radius 2 is 2.18 bits per heavy atom. The number of alkyl halides is 2. The number of amides is 1. The fourth-order valence-electron chi connectivity index (χ4n) is 2.83. The number of rotatable bonds is 7. The van der Waals surface area contributed by atoms with Crippen molar-refractivity contribution in [1.29, 1.82) is 0 Å². The van der Waals surface area contributed by atoms with Crippen molar-refractivity contribution >= 4 is 43.9 Å². The Morgan fingerprint density at radius 1 is 1.32 bits per heavy atom. The Labute approximate surface area is 166 Å². The van der Waals surface area contributed by atoms with Gasteiger partial charge >= 0.3 is 6.61 Å². The molecule has 4 aromatic rings. The third-order valence-electron chi connectivity index (χ3n) is 4.11. The highest BCUT2D eigenvalue weighted by Gasteiger charge is 2.15. The molecule has 0 fully saturated rings. The average molecular weight is 423 g/mol. The lowest BCUT2D eigenvalue weighted by Crippen LogP contribution is -2.24. The van der Waals surface area contributed by atoms with Crippen molar-refractivity contribution in [2.75, 3.05) is 13.7 Å². The van der Waals surface area contributed by atoms with E-state index in [0.717, 1.165) is 20.9 Å². The molecule has 0 atom stereocenters. The molecule has 10 heteroatoms. The van der Waals surface area contributed by atoms with Crippen LogP contribution in [0.25, 0.3) is 15.3 Å². The van der Waals surface area contributed by atoms with Crippen molar-refractivity contribution in [2.45, 2.75) is 13.0 Å². The lowest BCUT2D eigenvalue weighted by molar-refractivity contribution is -0.0512. The predicted molar refractivity (Wildman–Crippen MR) is 104 cm³/mol. The molecule has 0 saturated carbocycles. The van der Waals surface area contributed by atoms with Crippen LogP contribution in [0.2, 0.25) is 0 Å². The first-order valence-corrected chi connectivity index (χ1v) is 10.00. The maximum Gasteiger partial charge on any atom is 0.387 e. The molecule has 28 heavy (non-hydrogen) atoms. The number of hydrogen-bond donors (Lipinski definition) is 1. The quantitative estimate of drug-likeness (QED) is 0.484. The van der Waals surface area contributed by atoms with Crippen LogP contribution < -0.4 is 14.8 Å². The smallest absolute Gasteiger partial charge is 0.387 e. The van der Waals surface area contributed by atoms with Gasteiger partial charge in [-0.3, -0.25) is 9.20 Å². The molecule has 1 amide bonds. The summed E-state index contributed by atoms with van der Waals surface area (Å²) in [6.07, 6.45) is 2.39. The predicted octanol–water partition coefficient (Wildman–Crippen LogP) is 4.19. The molecular weight excluding hydrogens is 408 g/mol. The number of nitrogens with zero attached hydrogens (tertiary/aromatic N) is 2. The van der Waals surface area contributed by atoms with Gasteiger partial charge in [0.1, 0.15) is 4.83 Å². The zero-order valence-electron chi connectivity index (χ0n) is 14.6. The van der Waals surface area contributed by atoms with Crippen LogP contribution >= 0.6 is 22.7 Å². The fourth-order valence-corrected chi connectivity index (χ4v) is 4.55. The van der Waals surface area contributed by atoms with Crippen LogP contribution in [0.3, 0.4) is 0 Å². The van der Waals surface area contributed by atoms with E-state index in [1.165, 1.54) is 24.5 Å². The summed E-state index contributed by atoms with van der Waals surface area (Å²) < 4.78 is 36.5. The Kier molecular flexibility index (Phi) is 5.14. The minimum absolute atomic E-state index is 0.0267. The number of nitrogens with one attached hydrogen (secondary N) is 1. The summed E-state index contributed by atoms with van der Waals surface area (Å²) in [6, 6.07) is 6.63. The minimum atomic E-state index is -2.93. The Morgan fingerprint density at radius 3 is 2.96 bits per heavy atom. The molecule has 3 aromatic heterocycles. The molecule has 0 aliphatic heterocycles. The molecule has 0 spiro atoms. The van der Waals surface area contributed by atoms with E-state index < -0.39 is 6.61 Å². The van der Waals surface area contributed by atoms with E-state index in [4.69, 9.17) is 4.74 Å². The summed E-state index contributed by atoms with van der Waals surface area (Å²) in [6.45, 7) is -2.58. The largest absolute Gasteiger partial charge is 0.493 e. The summed E-state index contributed by atoms with van der Waals surface area (Å²) in [4.78, 5) is 19.2. The van der Waals surface area contributed by atoms with Crippen LogP contribution in [0.15, 0.2) is 35.8 Å². The van der Waals surface area contributed by atoms with Crippen LogP contribution in [-0.4, -0.2) is 35.6 Å². The van der Waals surface area contributed by atoms with Crippen LogP contribution in [0, 0.1) is 0 Å². The molecule has 1 aromatic carbocycles. The van der Waals surface area contributed by atoms with Gasteiger partial charge in [0.15, 0.2) is 16.5 Å². The molecule has 6 nitrogen and oxygen atoms in total. The first kappa shape index (κ1) is 18.6. The molecule has 3 heterocycles. The van der Waals surface area contributed by atoms with E-state index in [1.54, 1.807) is 23.5 Å². The van der Waals surface area contributed by atoms with Crippen LogP contribution in [0.5, 0.6) is 11.5 Å². The van der Waals surface area contributed by atoms with Gasteiger partial charge in [-0.15, -0.1) is 22.7 Å². The summed E-state index contributed by atoms with van der Waals surface area (Å²) in [5, 5.41) is 4.79. The lowest BCUT2D eigenvalue weighted by atomic mass is 10.1. The van der Waals surface area contributed by atoms with Gasteiger partial charge in [0.25, 0.3) is 5.91 Å². The van der Waals surface area contributed by atoms with Gasteiger partial charge in [-0.05, 0) is 30.2 Å². The van der Waals surface area contributed by atoms with Crippen molar-refractivity contribution < 1.29 is 23.0 Å². The van der Waals surface area contributed by atoms with Crippen LogP contribution in [0.1, 0.15) is 15.2 Å². The minimum Gasteiger partial charge on any atom is -0.493 e. The molecule has 4 rings (SSSR count). The number of ether oxygens (including phenoxy) is 2. The second kappa shape index (κ2) is 7.72. The number of thiazole rings is 1. The van der Waals surface area contributed by atoms with Gasteiger partial charge in [0.2, 0.25) is 0 Å². The van der Waals surface area contributed by atoms with Crippen LogP contribution in [-0.2, 0) is 6.42 Å². The molecule has 0 radical (unpaired) electrons. The molecule has 0 saturated heterocycles. The van der Waals surface area contributed by atoms with Crippen molar-refractivity contribution in [1.82, 2.24) is 14.7 Å². The molecule has 0 aliphatic carbocycles. The van der Waals surface area contributed by atoms with Gasteiger partial charge in [-0.2, -0.15) is 8.78 Å². The molecule has 1 N–H and O–H groups in total. The number of methoxy groups -OCH3 is 1. The van der Waals surface area contributed by atoms with E-state index >= 15 is 0 Å².